The molecule has 2 nitrogen and oxygen atoms in total. The Labute approximate surface area is 115 Å². The summed E-state index contributed by atoms with van der Waals surface area (Å²) in [4.78, 5) is 11.0. The minimum Gasteiger partial charge on any atom is -0.481 e. The second kappa shape index (κ2) is 5.41. The summed E-state index contributed by atoms with van der Waals surface area (Å²) < 4.78 is 13.8. The molecule has 0 radical (unpaired) electrons. The molecule has 2 rings (SSSR count). The van der Waals surface area contributed by atoms with Crippen LogP contribution in [0.25, 0.3) is 11.1 Å². The van der Waals surface area contributed by atoms with Crippen molar-refractivity contribution in [3.63, 3.8) is 0 Å². The van der Waals surface area contributed by atoms with E-state index >= 15 is 0 Å². The van der Waals surface area contributed by atoms with Crippen molar-refractivity contribution in [2.45, 2.75) is 12.8 Å². The van der Waals surface area contributed by atoms with Gasteiger partial charge in [0.05, 0.1) is 5.92 Å². The number of carboxylic acid groups (broad SMARTS) is 1. The molecule has 1 N–H and O–H groups in total. The van der Waals surface area contributed by atoms with E-state index < -0.39 is 17.7 Å². The van der Waals surface area contributed by atoms with E-state index in [9.17, 15) is 9.18 Å². The van der Waals surface area contributed by atoms with Crippen molar-refractivity contribution in [1.29, 1.82) is 0 Å². The maximum absolute atomic E-state index is 13.8. The highest BCUT2D eigenvalue weighted by atomic mass is 35.5. The van der Waals surface area contributed by atoms with Gasteiger partial charge in [0.2, 0.25) is 0 Å². The number of halogens is 2. The fourth-order valence-corrected chi connectivity index (χ4v) is 2.00. The van der Waals surface area contributed by atoms with Crippen LogP contribution in [-0.2, 0) is 4.79 Å². The zero-order chi connectivity index (χ0) is 14.0. The zero-order valence-corrected chi connectivity index (χ0v) is 11.0. The number of hydrogen-bond donors (Lipinski definition) is 1. The number of benzene rings is 2. The molecule has 98 valence electrons. The third-order valence-electron chi connectivity index (χ3n) is 3.00. The summed E-state index contributed by atoms with van der Waals surface area (Å²) in [6, 6.07) is 11.3. The topological polar surface area (TPSA) is 37.3 Å². The predicted molar refractivity (Wildman–Crippen MR) is 72.9 cm³/mol. The molecular formula is C15H12ClFO2. The number of hydrogen-bond acceptors (Lipinski definition) is 1. The second-order valence-electron chi connectivity index (χ2n) is 4.31. The van der Waals surface area contributed by atoms with Gasteiger partial charge >= 0.3 is 5.97 Å². The smallest absolute Gasteiger partial charge is 0.310 e. The van der Waals surface area contributed by atoms with E-state index in [4.69, 9.17) is 16.7 Å². The minimum absolute atomic E-state index is 0.330. The van der Waals surface area contributed by atoms with Crippen molar-refractivity contribution in [1.82, 2.24) is 0 Å². The molecule has 0 spiro atoms. The normalized spacial score (nSPS) is 12.2. The van der Waals surface area contributed by atoms with Crippen LogP contribution in [0.4, 0.5) is 4.39 Å². The highest BCUT2D eigenvalue weighted by Gasteiger charge is 2.14. The lowest BCUT2D eigenvalue weighted by Crippen LogP contribution is -2.07. The van der Waals surface area contributed by atoms with E-state index in [1.807, 2.05) is 0 Å². The van der Waals surface area contributed by atoms with Crippen molar-refractivity contribution in [3.8, 4) is 11.1 Å². The van der Waals surface area contributed by atoms with Gasteiger partial charge < -0.3 is 5.11 Å². The SMILES string of the molecule is CC(C(=O)O)c1cccc(-c2ccc(Cl)cc2F)c1. The average Bonchev–Trinajstić information content (AvgIpc) is 2.38. The molecule has 0 aliphatic heterocycles. The fraction of sp³-hybridized carbons (Fsp3) is 0.133. The minimum atomic E-state index is -0.909. The van der Waals surface area contributed by atoms with E-state index in [1.165, 1.54) is 6.07 Å². The Bertz CT molecular complexity index is 625. The van der Waals surface area contributed by atoms with E-state index in [1.54, 1.807) is 43.3 Å². The Morgan fingerprint density at radius 3 is 2.63 bits per heavy atom. The summed E-state index contributed by atoms with van der Waals surface area (Å²) in [7, 11) is 0. The number of rotatable bonds is 3. The van der Waals surface area contributed by atoms with Crippen LogP contribution in [0.2, 0.25) is 5.02 Å². The Morgan fingerprint density at radius 1 is 1.26 bits per heavy atom. The van der Waals surface area contributed by atoms with Gasteiger partial charge in [-0.1, -0.05) is 35.9 Å². The average molecular weight is 279 g/mol. The molecule has 2 aromatic carbocycles. The van der Waals surface area contributed by atoms with E-state index in [2.05, 4.69) is 0 Å². The first-order valence-corrected chi connectivity index (χ1v) is 6.15. The number of carbonyl (C=O) groups is 1. The van der Waals surface area contributed by atoms with Crippen LogP contribution in [0, 0.1) is 5.82 Å². The van der Waals surface area contributed by atoms with Gasteiger partial charge in [-0.15, -0.1) is 0 Å². The Balaban J connectivity index is 2.46. The zero-order valence-electron chi connectivity index (χ0n) is 10.2. The van der Waals surface area contributed by atoms with Crippen molar-refractivity contribution in [2.24, 2.45) is 0 Å². The summed E-state index contributed by atoms with van der Waals surface area (Å²) in [5, 5.41) is 9.33. The summed E-state index contributed by atoms with van der Waals surface area (Å²) >= 11 is 5.71. The molecule has 1 atom stereocenters. The Kier molecular flexibility index (Phi) is 3.86. The Hall–Kier alpha value is -1.87. The second-order valence-corrected chi connectivity index (χ2v) is 4.75. The largest absolute Gasteiger partial charge is 0.481 e. The first-order chi connectivity index (χ1) is 8.99. The van der Waals surface area contributed by atoms with Crippen molar-refractivity contribution in [3.05, 3.63) is 58.9 Å². The first-order valence-electron chi connectivity index (χ1n) is 5.77. The number of carboxylic acids is 1. The highest BCUT2D eigenvalue weighted by molar-refractivity contribution is 6.30. The van der Waals surface area contributed by atoms with E-state index in [-0.39, 0.29) is 0 Å². The van der Waals surface area contributed by atoms with Crippen LogP contribution in [0.3, 0.4) is 0 Å². The molecular weight excluding hydrogens is 267 g/mol. The van der Waals surface area contributed by atoms with Gasteiger partial charge in [0.25, 0.3) is 0 Å². The summed E-state index contributed by atoms with van der Waals surface area (Å²) in [5.74, 6) is -1.96. The lowest BCUT2D eigenvalue weighted by molar-refractivity contribution is -0.138. The summed E-state index contributed by atoms with van der Waals surface area (Å²) in [6.45, 7) is 1.60. The molecule has 0 fully saturated rings. The molecule has 0 bridgehead atoms. The molecule has 1 unspecified atom stereocenters. The monoisotopic (exact) mass is 278 g/mol. The van der Waals surface area contributed by atoms with E-state index in [0.717, 1.165) is 0 Å². The molecule has 2 aromatic rings. The maximum atomic E-state index is 13.8. The van der Waals surface area contributed by atoms with Crippen LogP contribution in [0.5, 0.6) is 0 Å². The van der Waals surface area contributed by atoms with Crippen LogP contribution in [0.15, 0.2) is 42.5 Å². The van der Waals surface area contributed by atoms with E-state index in [0.29, 0.717) is 21.7 Å². The van der Waals surface area contributed by atoms with Gasteiger partial charge in [-0.2, -0.15) is 0 Å². The first kappa shape index (κ1) is 13.6. The lowest BCUT2D eigenvalue weighted by Gasteiger charge is -2.10. The standard InChI is InChI=1S/C15H12ClFO2/c1-9(15(18)19)10-3-2-4-11(7-10)13-6-5-12(16)8-14(13)17/h2-9H,1H3,(H,18,19). The van der Waals surface area contributed by atoms with Gasteiger partial charge in [-0.3, -0.25) is 4.79 Å². The Morgan fingerprint density at radius 2 is 2.00 bits per heavy atom. The van der Waals surface area contributed by atoms with Crippen LogP contribution in [-0.4, -0.2) is 11.1 Å². The predicted octanol–water partition coefficient (Wildman–Crippen LogP) is 4.33. The van der Waals surface area contributed by atoms with Gasteiger partial charge in [-0.05, 0) is 36.2 Å². The highest BCUT2D eigenvalue weighted by Crippen LogP contribution is 2.28. The molecule has 0 saturated heterocycles. The third kappa shape index (κ3) is 2.93. The van der Waals surface area contributed by atoms with Crippen LogP contribution in [0.1, 0.15) is 18.4 Å². The molecule has 0 heterocycles. The fourth-order valence-electron chi connectivity index (χ4n) is 1.84. The van der Waals surface area contributed by atoms with Gasteiger partial charge in [-0.25, -0.2) is 4.39 Å². The van der Waals surface area contributed by atoms with Gasteiger partial charge in [0.15, 0.2) is 0 Å². The molecule has 0 saturated carbocycles. The van der Waals surface area contributed by atoms with Crippen LogP contribution < -0.4 is 0 Å². The molecule has 0 aromatic heterocycles. The third-order valence-corrected chi connectivity index (χ3v) is 3.23. The van der Waals surface area contributed by atoms with Crippen molar-refractivity contribution >= 4 is 17.6 Å². The summed E-state index contributed by atoms with van der Waals surface area (Å²) in [6.07, 6.45) is 0. The van der Waals surface area contributed by atoms with Crippen molar-refractivity contribution in [2.75, 3.05) is 0 Å². The molecule has 19 heavy (non-hydrogen) atoms. The molecule has 4 heteroatoms. The van der Waals surface area contributed by atoms with Crippen molar-refractivity contribution < 1.29 is 14.3 Å². The van der Waals surface area contributed by atoms with Gasteiger partial charge in [0.1, 0.15) is 5.82 Å². The quantitative estimate of drug-likeness (QED) is 0.907. The number of aliphatic carboxylic acids is 1. The molecule has 0 aliphatic rings. The molecule has 0 aliphatic carbocycles. The maximum Gasteiger partial charge on any atom is 0.310 e. The molecule has 0 amide bonds. The van der Waals surface area contributed by atoms with Crippen LogP contribution >= 0.6 is 11.6 Å². The lowest BCUT2D eigenvalue weighted by atomic mass is 9.96. The summed E-state index contributed by atoms with van der Waals surface area (Å²) in [5.41, 5.74) is 1.68. The van der Waals surface area contributed by atoms with Gasteiger partial charge in [0, 0.05) is 10.6 Å².